The van der Waals surface area contributed by atoms with Gasteiger partial charge in [0, 0.05) is 18.5 Å². The van der Waals surface area contributed by atoms with Gasteiger partial charge >= 0.3 is 0 Å². The highest BCUT2D eigenvalue weighted by molar-refractivity contribution is 7.92. The van der Waals surface area contributed by atoms with Gasteiger partial charge in [-0.2, -0.15) is 0 Å². The van der Waals surface area contributed by atoms with E-state index in [2.05, 4.69) is 5.32 Å². The molecule has 0 aromatic heterocycles. The van der Waals surface area contributed by atoms with Crippen LogP contribution in [0.5, 0.6) is 0 Å². The van der Waals surface area contributed by atoms with Gasteiger partial charge in [0.2, 0.25) is 21.8 Å². The molecule has 3 aromatic carbocycles. The molecule has 220 valence electrons. The first-order chi connectivity index (χ1) is 19.0. The van der Waals surface area contributed by atoms with E-state index in [1.165, 1.54) is 4.90 Å². The number of carbonyl (C=O) groups is 2. The van der Waals surface area contributed by atoms with Gasteiger partial charge in [-0.25, -0.2) is 8.42 Å². The van der Waals surface area contributed by atoms with Gasteiger partial charge in [-0.15, -0.1) is 0 Å². The minimum absolute atomic E-state index is 0.00911. The molecule has 7 nitrogen and oxygen atoms in total. The lowest BCUT2D eigenvalue weighted by Crippen LogP contribution is -2.56. The van der Waals surface area contributed by atoms with Crippen molar-refractivity contribution in [1.29, 1.82) is 0 Å². The van der Waals surface area contributed by atoms with Gasteiger partial charge in [0.15, 0.2) is 0 Å². The fourth-order valence-corrected chi connectivity index (χ4v) is 5.64. The molecular formula is C31H37Cl2N3O4S. The maximum atomic E-state index is 14.2. The van der Waals surface area contributed by atoms with Gasteiger partial charge in [-0.05, 0) is 75.1 Å². The van der Waals surface area contributed by atoms with Crippen LogP contribution in [0.25, 0.3) is 0 Å². The third-order valence-electron chi connectivity index (χ3n) is 6.42. The molecule has 0 aliphatic heterocycles. The van der Waals surface area contributed by atoms with E-state index in [1.807, 2.05) is 70.2 Å². The van der Waals surface area contributed by atoms with Crippen molar-refractivity contribution in [2.75, 3.05) is 17.1 Å². The van der Waals surface area contributed by atoms with Gasteiger partial charge in [0.05, 0.1) is 22.0 Å². The Morgan fingerprint density at radius 2 is 1.56 bits per heavy atom. The number of nitrogens with zero attached hydrogens (tertiary/aromatic N) is 2. The Hall–Kier alpha value is -3.07. The maximum Gasteiger partial charge on any atom is 0.244 e. The van der Waals surface area contributed by atoms with Gasteiger partial charge in [-0.1, -0.05) is 71.7 Å². The number of aryl methyl sites for hydroxylation is 2. The van der Waals surface area contributed by atoms with E-state index >= 15 is 0 Å². The van der Waals surface area contributed by atoms with Crippen LogP contribution < -0.4 is 9.62 Å². The van der Waals surface area contributed by atoms with Gasteiger partial charge in [0.1, 0.15) is 12.6 Å². The molecule has 1 N–H and O–H groups in total. The number of amides is 2. The standard InChI is InChI=1S/C31H37Cl2N3O4S/c1-21-12-13-22(2)27(16-21)36(41(6,39)40)20-29(37)35(19-24-14-15-25(32)26(33)17-24)28(30(38)34-31(3,4)5)18-23-10-8-7-9-11-23/h7-17,28H,18-20H2,1-6H3,(H,34,38)/t28-/m0/s1. The molecule has 0 fully saturated rings. The second-order valence-electron chi connectivity index (χ2n) is 11.3. The summed E-state index contributed by atoms with van der Waals surface area (Å²) in [6, 6.07) is 18.9. The summed E-state index contributed by atoms with van der Waals surface area (Å²) in [5.41, 5.74) is 2.90. The number of halogens is 2. The van der Waals surface area contributed by atoms with E-state index in [-0.39, 0.29) is 18.9 Å². The molecule has 3 aromatic rings. The summed E-state index contributed by atoms with van der Waals surface area (Å²) in [4.78, 5) is 29.4. The van der Waals surface area contributed by atoms with E-state index < -0.39 is 34.1 Å². The number of benzene rings is 3. The zero-order valence-corrected chi connectivity index (χ0v) is 26.6. The van der Waals surface area contributed by atoms with Gasteiger partial charge in [0.25, 0.3) is 0 Å². The van der Waals surface area contributed by atoms with Crippen molar-refractivity contribution in [3.63, 3.8) is 0 Å². The fourth-order valence-electron chi connectivity index (χ4n) is 4.42. The van der Waals surface area contributed by atoms with E-state index in [0.29, 0.717) is 26.9 Å². The van der Waals surface area contributed by atoms with Crippen molar-refractivity contribution >= 4 is 50.7 Å². The molecule has 10 heteroatoms. The average Bonchev–Trinajstić information content (AvgIpc) is 2.87. The molecule has 41 heavy (non-hydrogen) atoms. The molecule has 0 bridgehead atoms. The zero-order chi connectivity index (χ0) is 30.5. The number of hydrogen-bond acceptors (Lipinski definition) is 4. The van der Waals surface area contributed by atoms with Crippen LogP contribution in [0.1, 0.15) is 43.0 Å². The predicted molar refractivity (Wildman–Crippen MR) is 167 cm³/mol. The molecule has 0 unspecified atom stereocenters. The lowest BCUT2D eigenvalue weighted by atomic mass is 10.0. The summed E-state index contributed by atoms with van der Waals surface area (Å²) >= 11 is 12.4. The second kappa shape index (κ2) is 13.3. The monoisotopic (exact) mass is 617 g/mol. The molecule has 0 radical (unpaired) electrons. The van der Waals surface area contributed by atoms with Crippen LogP contribution in [0, 0.1) is 13.8 Å². The lowest BCUT2D eigenvalue weighted by molar-refractivity contribution is -0.140. The van der Waals surface area contributed by atoms with Crippen LogP contribution in [-0.4, -0.2) is 49.5 Å². The minimum Gasteiger partial charge on any atom is -0.350 e. The largest absolute Gasteiger partial charge is 0.350 e. The number of carbonyl (C=O) groups excluding carboxylic acids is 2. The summed E-state index contributed by atoms with van der Waals surface area (Å²) in [6.45, 7) is 8.76. The van der Waals surface area contributed by atoms with E-state index in [9.17, 15) is 18.0 Å². The van der Waals surface area contributed by atoms with Gasteiger partial charge in [-0.3, -0.25) is 13.9 Å². The third-order valence-corrected chi connectivity index (χ3v) is 8.28. The number of rotatable bonds is 10. The first-order valence-corrected chi connectivity index (χ1v) is 15.8. The summed E-state index contributed by atoms with van der Waals surface area (Å²) in [5, 5.41) is 3.67. The molecule has 0 saturated carbocycles. The zero-order valence-electron chi connectivity index (χ0n) is 24.2. The van der Waals surface area contributed by atoms with E-state index in [4.69, 9.17) is 23.2 Å². The summed E-state index contributed by atoms with van der Waals surface area (Å²) in [6.07, 6.45) is 1.29. The maximum absolute atomic E-state index is 14.2. The molecule has 0 spiro atoms. The van der Waals surface area contributed by atoms with Crippen LogP contribution >= 0.6 is 23.2 Å². The molecule has 0 heterocycles. The van der Waals surface area contributed by atoms with Crippen molar-refractivity contribution in [3.05, 3.63) is 99.0 Å². The molecule has 1 atom stereocenters. The highest BCUT2D eigenvalue weighted by Crippen LogP contribution is 2.27. The Morgan fingerprint density at radius 1 is 0.902 bits per heavy atom. The quantitative estimate of drug-likeness (QED) is 0.305. The van der Waals surface area contributed by atoms with Crippen molar-refractivity contribution in [3.8, 4) is 0 Å². The third kappa shape index (κ3) is 9.21. The summed E-state index contributed by atoms with van der Waals surface area (Å²) in [5.74, 6) is -0.889. The van der Waals surface area contributed by atoms with Crippen LogP contribution in [0.2, 0.25) is 10.0 Å². The molecule has 3 rings (SSSR count). The minimum atomic E-state index is -3.86. The smallest absolute Gasteiger partial charge is 0.244 e. The van der Waals surface area contributed by atoms with E-state index in [1.54, 1.807) is 31.2 Å². The lowest BCUT2D eigenvalue weighted by Gasteiger charge is -2.35. The van der Waals surface area contributed by atoms with Crippen LogP contribution in [0.15, 0.2) is 66.7 Å². The van der Waals surface area contributed by atoms with Crippen molar-refractivity contribution < 1.29 is 18.0 Å². The normalized spacial score (nSPS) is 12.5. The van der Waals surface area contributed by atoms with Crippen LogP contribution in [0.4, 0.5) is 5.69 Å². The van der Waals surface area contributed by atoms with Crippen molar-refractivity contribution in [2.24, 2.45) is 0 Å². The fraction of sp³-hybridized carbons (Fsp3) is 0.355. The van der Waals surface area contributed by atoms with E-state index in [0.717, 1.165) is 21.7 Å². The Labute approximate surface area is 253 Å². The number of hydrogen-bond donors (Lipinski definition) is 1. The molecule has 0 aliphatic rings. The molecule has 0 saturated heterocycles. The first kappa shape index (κ1) is 32.4. The topological polar surface area (TPSA) is 86.8 Å². The molecule has 0 aliphatic carbocycles. The Kier molecular flexibility index (Phi) is 10.5. The number of nitrogens with one attached hydrogen (secondary N) is 1. The number of sulfonamides is 1. The predicted octanol–water partition coefficient (Wildman–Crippen LogP) is 5.93. The highest BCUT2D eigenvalue weighted by Gasteiger charge is 2.34. The average molecular weight is 619 g/mol. The van der Waals surface area contributed by atoms with Crippen LogP contribution in [0.3, 0.4) is 0 Å². The SMILES string of the molecule is Cc1ccc(C)c(N(CC(=O)N(Cc2ccc(Cl)c(Cl)c2)[C@@H](Cc2ccccc2)C(=O)NC(C)(C)C)S(C)(=O)=O)c1. The second-order valence-corrected chi connectivity index (χ2v) is 14.0. The van der Waals surface area contributed by atoms with Crippen molar-refractivity contribution in [2.45, 2.75) is 59.2 Å². The Morgan fingerprint density at radius 3 is 2.15 bits per heavy atom. The van der Waals surface area contributed by atoms with Crippen LogP contribution in [-0.2, 0) is 32.6 Å². The van der Waals surface area contributed by atoms with Crippen molar-refractivity contribution in [1.82, 2.24) is 10.2 Å². The Bertz CT molecular complexity index is 1510. The highest BCUT2D eigenvalue weighted by atomic mass is 35.5. The number of anilines is 1. The molecular weight excluding hydrogens is 581 g/mol. The summed E-state index contributed by atoms with van der Waals surface area (Å²) < 4.78 is 27.1. The Balaban J connectivity index is 2.12. The summed E-state index contributed by atoms with van der Waals surface area (Å²) in [7, 11) is -3.86. The molecule has 2 amide bonds. The first-order valence-electron chi connectivity index (χ1n) is 13.2. The van der Waals surface area contributed by atoms with Gasteiger partial charge < -0.3 is 10.2 Å².